The Bertz CT molecular complexity index is 566. The van der Waals surface area contributed by atoms with Crippen LogP contribution in [0.1, 0.15) is 27.8 Å². The third-order valence-electron chi connectivity index (χ3n) is 3.61. The molecule has 0 aliphatic carbocycles. The van der Waals surface area contributed by atoms with Crippen molar-refractivity contribution in [1.82, 2.24) is 0 Å². The van der Waals surface area contributed by atoms with Crippen molar-refractivity contribution in [2.45, 2.75) is 27.7 Å². The number of rotatable bonds is 1. The summed E-state index contributed by atoms with van der Waals surface area (Å²) in [6.45, 7) is 12.7. The Morgan fingerprint density at radius 3 is 2.19 bits per heavy atom. The molecule has 0 bridgehead atoms. The van der Waals surface area contributed by atoms with Crippen LogP contribution < -0.4 is 0 Å². The summed E-state index contributed by atoms with van der Waals surface area (Å²) in [5, 5.41) is 2.72. The minimum Gasteiger partial charge on any atom is -0.0984 e. The molecule has 0 heterocycles. The molecule has 2 aromatic rings. The Morgan fingerprint density at radius 1 is 0.938 bits per heavy atom. The Morgan fingerprint density at radius 2 is 1.56 bits per heavy atom. The summed E-state index contributed by atoms with van der Waals surface area (Å²) in [4.78, 5) is 0. The van der Waals surface area contributed by atoms with Gasteiger partial charge in [-0.3, -0.25) is 0 Å². The highest BCUT2D eigenvalue weighted by Gasteiger charge is 2.08. The lowest BCUT2D eigenvalue weighted by Crippen LogP contribution is -1.92. The summed E-state index contributed by atoms with van der Waals surface area (Å²) < 4.78 is 0. The molecule has 0 aliphatic rings. The lowest BCUT2D eigenvalue weighted by atomic mass is 9.91. The zero-order valence-electron chi connectivity index (χ0n) is 10.5. The molecule has 0 saturated heterocycles. The molecule has 0 fully saturated rings. The zero-order chi connectivity index (χ0) is 11.9. The van der Waals surface area contributed by atoms with E-state index in [1.54, 1.807) is 0 Å². The maximum Gasteiger partial charge on any atom is -0.0106 e. The first-order valence-corrected chi connectivity index (χ1v) is 5.68. The minimum absolute atomic E-state index is 1.24. The number of hydrogen-bond acceptors (Lipinski definition) is 0. The molecule has 16 heavy (non-hydrogen) atoms. The highest BCUT2D eigenvalue weighted by Crippen LogP contribution is 2.30. The molecule has 0 unspecified atom stereocenters. The predicted molar refractivity (Wildman–Crippen MR) is 73.0 cm³/mol. The summed E-state index contributed by atoms with van der Waals surface area (Å²) in [7, 11) is 0. The van der Waals surface area contributed by atoms with Crippen LogP contribution in [0, 0.1) is 27.7 Å². The van der Waals surface area contributed by atoms with Crippen LogP contribution in [0.5, 0.6) is 0 Å². The maximum atomic E-state index is 3.90. The van der Waals surface area contributed by atoms with Gasteiger partial charge in [-0.05, 0) is 66.3 Å². The van der Waals surface area contributed by atoms with Gasteiger partial charge in [0.25, 0.3) is 0 Å². The molecule has 2 aromatic carbocycles. The van der Waals surface area contributed by atoms with Crippen molar-refractivity contribution >= 4 is 16.8 Å². The fourth-order valence-corrected chi connectivity index (χ4v) is 2.32. The van der Waals surface area contributed by atoms with Crippen molar-refractivity contribution in [2.24, 2.45) is 0 Å². The lowest BCUT2D eigenvalue weighted by Gasteiger charge is -2.13. The average Bonchev–Trinajstić information content (AvgIpc) is 2.27. The number of fused-ring (bicyclic) bond motifs is 1. The summed E-state index contributed by atoms with van der Waals surface area (Å²) in [5.41, 5.74) is 6.72. The normalized spacial score (nSPS) is 10.8. The first-order valence-electron chi connectivity index (χ1n) is 5.68. The summed E-state index contributed by atoms with van der Waals surface area (Å²) in [6.07, 6.45) is 1.95. The highest BCUT2D eigenvalue weighted by atomic mass is 14.1. The van der Waals surface area contributed by atoms with Gasteiger partial charge < -0.3 is 0 Å². The number of benzene rings is 2. The quantitative estimate of drug-likeness (QED) is 0.639. The standard InChI is InChI=1S/C16H18/c1-6-14-9-11(3)13(5)16-12(4)10(2)7-8-15(14)16/h6-9H,1H2,2-5H3. The molecular formula is C16H18. The second-order valence-electron chi connectivity index (χ2n) is 4.54. The van der Waals surface area contributed by atoms with E-state index in [-0.39, 0.29) is 0 Å². The van der Waals surface area contributed by atoms with Crippen LogP contribution in [0.3, 0.4) is 0 Å². The van der Waals surface area contributed by atoms with Crippen LogP contribution in [-0.4, -0.2) is 0 Å². The molecule has 2 rings (SSSR count). The van der Waals surface area contributed by atoms with Gasteiger partial charge in [0, 0.05) is 0 Å². The Kier molecular flexibility index (Phi) is 2.59. The van der Waals surface area contributed by atoms with Gasteiger partial charge in [-0.25, -0.2) is 0 Å². The van der Waals surface area contributed by atoms with Gasteiger partial charge in [0.2, 0.25) is 0 Å². The lowest BCUT2D eigenvalue weighted by molar-refractivity contribution is 1.32. The molecule has 0 aliphatic heterocycles. The van der Waals surface area contributed by atoms with Crippen molar-refractivity contribution < 1.29 is 0 Å². The molecule has 0 spiro atoms. The fourth-order valence-electron chi connectivity index (χ4n) is 2.32. The van der Waals surface area contributed by atoms with E-state index in [0.29, 0.717) is 0 Å². The van der Waals surface area contributed by atoms with Gasteiger partial charge in [0.15, 0.2) is 0 Å². The van der Waals surface area contributed by atoms with Crippen LogP contribution >= 0.6 is 0 Å². The first kappa shape index (κ1) is 10.9. The first-order chi connectivity index (χ1) is 7.56. The monoisotopic (exact) mass is 210 g/mol. The fraction of sp³-hybridized carbons (Fsp3) is 0.250. The van der Waals surface area contributed by atoms with Gasteiger partial charge in [-0.2, -0.15) is 0 Å². The molecule has 82 valence electrons. The molecule has 0 heteroatoms. The summed E-state index contributed by atoms with van der Waals surface area (Å²) in [6, 6.07) is 6.62. The smallest absolute Gasteiger partial charge is 0.0106 e. The Hall–Kier alpha value is -1.56. The number of hydrogen-bond donors (Lipinski definition) is 0. The third-order valence-corrected chi connectivity index (χ3v) is 3.61. The predicted octanol–water partition coefficient (Wildman–Crippen LogP) is 4.72. The van der Waals surface area contributed by atoms with Crippen LogP contribution in [0.2, 0.25) is 0 Å². The van der Waals surface area contributed by atoms with Crippen LogP contribution in [0.15, 0.2) is 24.8 Å². The molecule has 0 N–H and O–H groups in total. The van der Waals surface area contributed by atoms with E-state index in [9.17, 15) is 0 Å². The molecule has 0 nitrogen and oxygen atoms in total. The SMILES string of the molecule is C=Cc1cc(C)c(C)c2c(C)c(C)ccc12. The van der Waals surface area contributed by atoms with Crippen molar-refractivity contribution in [2.75, 3.05) is 0 Å². The Labute approximate surface area is 97.6 Å². The van der Waals surface area contributed by atoms with Crippen LogP contribution in [-0.2, 0) is 0 Å². The van der Waals surface area contributed by atoms with E-state index in [1.165, 1.54) is 38.6 Å². The second kappa shape index (κ2) is 3.79. The molecule has 0 saturated carbocycles. The van der Waals surface area contributed by atoms with E-state index in [4.69, 9.17) is 0 Å². The van der Waals surface area contributed by atoms with Gasteiger partial charge in [-0.15, -0.1) is 0 Å². The van der Waals surface area contributed by atoms with E-state index in [0.717, 1.165) is 0 Å². The van der Waals surface area contributed by atoms with Crippen LogP contribution in [0.4, 0.5) is 0 Å². The van der Waals surface area contributed by atoms with E-state index in [1.807, 2.05) is 6.08 Å². The van der Waals surface area contributed by atoms with Crippen molar-refractivity contribution in [3.05, 3.63) is 52.6 Å². The summed E-state index contributed by atoms with van der Waals surface area (Å²) >= 11 is 0. The molecule has 0 amide bonds. The molecule has 0 radical (unpaired) electrons. The molecule has 0 aromatic heterocycles. The van der Waals surface area contributed by atoms with Gasteiger partial charge in [0.05, 0.1) is 0 Å². The van der Waals surface area contributed by atoms with Crippen molar-refractivity contribution in [3.63, 3.8) is 0 Å². The molecule has 0 atom stereocenters. The van der Waals surface area contributed by atoms with E-state index >= 15 is 0 Å². The van der Waals surface area contributed by atoms with E-state index < -0.39 is 0 Å². The van der Waals surface area contributed by atoms with Crippen LogP contribution in [0.25, 0.3) is 16.8 Å². The van der Waals surface area contributed by atoms with Crippen molar-refractivity contribution in [1.29, 1.82) is 0 Å². The highest BCUT2D eigenvalue weighted by molar-refractivity contribution is 5.96. The van der Waals surface area contributed by atoms with Gasteiger partial charge >= 0.3 is 0 Å². The van der Waals surface area contributed by atoms with E-state index in [2.05, 4.69) is 52.5 Å². The topological polar surface area (TPSA) is 0 Å². The summed E-state index contributed by atoms with van der Waals surface area (Å²) in [5.74, 6) is 0. The van der Waals surface area contributed by atoms with Gasteiger partial charge in [0.1, 0.15) is 0 Å². The third kappa shape index (κ3) is 1.46. The molecular weight excluding hydrogens is 192 g/mol. The Balaban J connectivity index is 3.05. The minimum atomic E-state index is 1.24. The largest absolute Gasteiger partial charge is 0.0984 e. The zero-order valence-corrected chi connectivity index (χ0v) is 10.5. The average molecular weight is 210 g/mol. The second-order valence-corrected chi connectivity index (χ2v) is 4.54. The maximum absolute atomic E-state index is 3.90. The number of aryl methyl sites for hydroxylation is 4. The van der Waals surface area contributed by atoms with Gasteiger partial charge in [-0.1, -0.05) is 30.9 Å². The van der Waals surface area contributed by atoms with Crippen molar-refractivity contribution in [3.8, 4) is 0 Å².